The van der Waals surface area contributed by atoms with Crippen LogP contribution in [0.25, 0.3) is 0 Å². The van der Waals surface area contributed by atoms with Crippen molar-refractivity contribution < 1.29 is 15.0 Å². The standard InChI is InChI=1S/C10H19NO3/c12-9(10(13)14)7-11-8-5-3-1-2-4-6-8/h8-9,11-12H,1-7H2,(H,13,14). The molecular formula is C10H19NO3. The average Bonchev–Trinajstić information content (AvgIpc) is 2.42. The van der Waals surface area contributed by atoms with E-state index in [-0.39, 0.29) is 6.54 Å². The summed E-state index contributed by atoms with van der Waals surface area (Å²) in [4.78, 5) is 10.3. The van der Waals surface area contributed by atoms with Crippen LogP contribution in [0.4, 0.5) is 0 Å². The summed E-state index contributed by atoms with van der Waals surface area (Å²) in [6.45, 7) is 0.167. The van der Waals surface area contributed by atoms with Crippen LogP contribution in [0.15, 0.2) is 0 Å². The van der Waals surface area contributed by atoms with E-state index in [2.05, 4.69) is 5.32 Å². The van der Waals surface area contributed by atoms with Gasteiger partial charge in [0, 0.05) is 12.6 Å². The fraction of sp³-hybridized carbons (Fsp3) is 0.900. The molecule has 1 rings (SSSR count). The Hall–Kier alpha value is -0.610. The van der Waals surface area contributed by atoms with Gasteiger partial charge in [-0.2, -0.15) is 0 Å². The minimum atomic E-state index is -1.27. The molecule has 0 amide bonds. The number of hydrogen-bond donors (Lipinski definition) is 3. The van der Waals surface area contributed by atoms with Gasteiger partial charge in [-0.25, -0.2) is 4.79 Å². The smallest absolute Gasteiger partial charge is 0.333 e. The van der Waals surface area contributed by atoms with Gasteiger partial charge in [0.2, 0.25) is 0 Å². The second kappa shape index (κ2) is 5.98. The summed E-state index contributed by atoms with van der Waals surface area (Å²) in [5.41, 5.74) is 0. The highest BCUT2D eigenvalue weighted by molar-refractivity contribution is 5.72. The molecule has 4 nitrogen and oxygen atoms in total. The third-order valence-electron chi connectivity index (χ3n) is 2.74. The molecule has 0 aromatic heterocycles. The van der Waals surface area contributed by atoms with Gasteiger partial charge in [0.25, 0.3) is 0 Å². The van der Waals surface area contributed by atoms with Gasteiger partial charge in [0.15, 0.2) is 6.10 Å². The Kier molecular flexibility index (Phi) is 4.90. The molecule has 0 aromatic carbocycles. The number of nitrogens with one attached hydrogen (secondary N) is 1. The maximum Gasteiger partial charge on any atom is 0.333 e. The lowest BCUT2D eigenvalue weighted by atomic mass is 10.1. The first-order chi connectivity index (χ1) is 6.70. The molecule has 0 radical (unpaired) electrons. The number of carbonyl (C=O) groups is 1. The zero-order valence-electron chi connectivity index (χ0n) is 8.41. The predicted molar refractivity (Wildman–Crippen MR) is 53.1 cm³/mol. The maximum absolute atomic E-state index is 10.3. The number of aliphatic hydroxyl groups excluding tert-OH is 1. The molecule has 1 aliphatic rings. The third kappa shape index (κ3) is 4.07. The van der Waals surface area contributed by atoms with Crippen molar-refractivity contribution >= 4 is 5.97 Å². The summed E-state index contributed by atoms with van der Waals surface area (Å²) in [5, 5.41) is 20.7. The first-order valence-corrected chi connectivity index (χ1v) is 5.34. The second-order valence-corrected chi connectivity index (χ2v) is 3.95. The van der Waals surface area contributed by atoms with Crippen LogP contribution in [0.2, 0.25) is 0 Å². The van der Waals surface area contributed by atoms with Gasteiger partial charge < -0.3 is 15.5 Å². The van der Waals surface area contributed by atoms with Gasteiger partial charge in [-0.15, -0.1) is 0 Å². The van der Waals surface area contributed by atoms with E-state index < -0.39 is 12.1 Å². The molecule has 0 spiro atoms. The van der Waals surface area contributed by atoms with Crippen molar-refractivity contribution in [2.24, 2.45) is 0 Å². The van der Waals surface area contributed by atoms with Crippen LogP contribution in [0.1, 0.15) is 38.5 Å². The van der Waals surface area contributed by atoms with Crippen molar-refractivity contribution in [3.05, 3.63) is 0 Å². The van der Waals surface area contributed by atoms with Gasteiger partial charge in [-0.1, -0.05) is 25.7 Å². The van der Waals surface area contributed by atoms with E-state index in [9.17, 15) is 4.79 Å². The Bertz CT molecular complexity index is 176. The summed E-state index contributed by atoms with van der Waals surface area (Å²) >= 11 is 0. The molecule has 1 atom stereocenters. The minimum absolute atomic E-state index is 0.167. The zero-order valence-corrected chi connectivity index (χ0v) is 8.41. The number of aliphatic carboxylic acids is 1. The highest BCUT2D eigenvalue weighted by atomic mass is 16.4. The lowest BCUT2D eigenvalue weighted by Gasteiger charge is -2.17. The van der Waals surface area contributed by atoms with E-state index in [0.29, 0.717) is 6.04 Å². The molecule has 3 N–H and O–H groups in total. The van der Waals surface area contributed by atoms with E-state index in [4.69, 9.17) is 10.2 Å². The normalized spacial score (nSPS) is 21.5. The van der Waals surface area contributed by atoms with Crippen LogP contribution in [0, 0.1) is 0 Å². The van der Waals surface area contributed by atoms with Crippen molar-refractivity contribution in [2.75, 3.05) is 6.54 Å². The van der Waals surface area contributed by atoms with Crippen LogP contribution < -0.4 is 5.32 Å². The molecule has 0 aliphatic heterocycles. The Labute approximate surface area is 84.3 Å². The molecule has 1 saturated carbocycles. The maximum atomic E-state index is 10.3. The summed E-state index contributed by atoms with van der Waals surface area (Å²) in [6.07, 6.45) is 5.91. The lowest BCUT2D eigenvalue weighted by molar-refractivity contribution is -0.146. The fourth-order valence-corrected chi connectivity index (χ4v) is 1.85. The molecule has 14 heavy (non-hydrogen) atoms. The average molecular weight is 201 g/mol. The van der Waals surface area contributed by atoms with Gasteiger partial charge in [-0.3, -0.25) is 0 Å². The summed E-state index contributed by atoms with van der Waals surface area (Å²) in [5.74, 6) is -1.15. The van der Waals surface area contributed by atoms with Crippen molar-refractivity contribution in [1.82, 2.24) is 5.32 Å². The van der Waals surface area contributed by atoms with E-state index >= 15 is 0 Å². The number of carboxylic acid groups (broad SMARTS) is 1. The highest BCUT2D eigenvalue weighted by Crippen LogP contribution is 2.16. The molecule has 0 heterocycles. The fourth-order valence-electron chi connectivity index (χ4n) is 1.85. The zero-order chi connectivity index (χ0) is 10.4. The Morgan fingerprint density at radius 3 is 2.36 bits per heavy atom. The van der Waals surface area contributed by atoms with Crippen LogP contribution in [-0.4, -0.2) is 34.9 Å². The topological polar surface area (TPSA) is 69.6 Å². The van der Waals surface area contributed by atoms with Crippen LogP contribution in [0.5, 0.6) is 0 Å². The van der Waals surface area contributed by atoms with Crippen molar-refractivity contribution in [3.63, 3.8) is 0 Å². The quantitative estimate of drug-likeness (QED) is 0.587. The van der Waals surface area contributed by atoms with Gasteiger partial charge in [-0.05, 0) is 12.8 Å². The van der Waals surface area contributed by atoms with Gasteiger partial charge >= 0.3 is 5.97 Å². The Morgan fingerprint density at radius 2 is 1.86 bits per heavy atom. The van der Waals surface area contributed by atoms with Gasteiger partial charge in [0.1, 0.15) is 0 Å². The van der Waals surface area contributed by atoms with Crippen LogP contribution >= 0.6 is 0 Å². The molecule has 0 aromatic rings. The largest absolute Gasteiger partial charge is 0.479 e. The van der Waals surface area contributed by atoms with Gasteiger partial charge in [0.05, 0.1) is 0 Å². The van der Waals surface area contributed by atoms with Crippen molar-refractivity contribution in [2.45, 2.75) is 50.7 Å². The molecule has 4 heteroatoms. The second-order valence-electron chi connectivity index (χ2n) is 3.95. The van der Waals surface area contributed by atoms with Crippen LogP contribution in [0.3, 0.4) is 0 Å². The highest BCUT2D eigenvalue weighted by Gasteiger charge is 2.16. The molecule has 0 bridgehead atoms. The number of aliphatic hydroxyl groups is 1. The van der Waals surface area contributed by atoms with E-state index in [1.54, 1.807) is 0 Å². The van der Waals surface area contributed by atoms with Crippen molar-refractivity contribution in [3.8, 4) is 0 Å². The monoisotopic (exact) mass is 201 g/mol. The molecule has 1 unspecified atom stereocenters. The molecule has 82 valence electrons. The Balaban J connectivity index is 2.18. The van der Waals surface area contributed by atoms with Crippen LogP contribution in [-0.2, 0) is 4.79 Å². The van der Waals surface area contributed by atoms with E-state index in [0.717, 1.165) is 12.8 Å². The third-order valence-corrected chi connectivity index (χ3v) is 2.74. The summed E-state index contributed by atoms with van der Waals surface area (Å²) in [6, 6.07) is 0.395. The SMILES string of the molecule is O=C(O)C(O)CNC1CCCCCC1. The predicted octanol–water partition coefficient (Wildman–Crippen LogP) is 0.744. The number of carboxylic acids is 1. The Morgan fingerprint density at radius 1 is 1.29 bits per heavy atom. The van der Waals surface area contributed by atoms with Crippen molar-refractivity contribution in [1.29, 1.82) is 0 Å². The minimum Gasteiger partial charge on any atom is -0.479 e. The first kappa shape index (κ1) is 11.5. The lowest BCUT2D eigenvalue weighted by Crippen LogP contribution is -2.38. The molecule has 1 aliphatic carbocycles. The summed E-state index contributed by atoms with van der Waals surface area (Å²) in [7, 11) is 0. The van der Waals surface area contributed by atoms with E-state index in [1.807, 2.05) is 0 Å². The molecule has 0 saturated heterocycles. The number of hydrogen-bond acceptors (Lipinski definition) is 3. The first-order valence-electron chi connectivity index (χ1n) is 5.34. The molecule has 1 fully saturated rings. The number of rotatable bonds is 4. The van der Waals surface area contributed by atoms with E-state index in [1.165, 1.54) is 25.7 Å². The molecular weight excluding hydrogens is 182 g/mol. The summed E-state index contributed by atoms with van der Waals surface area (Å²) < 4.78 is 0.